The topological polar surface area (TPSA) is 32.5 Å². The molecule has 1 rings (SSSR count). The lowest BCUT2D eigenvalue weighted by Crippen LogP contribution is -2.41. The highest BCUT2D eigenvalue weighted by molar-refractivity contribution is 4.73. The van der Waals surface area contributed by atoms with Crippen molar-refractivity contribution in [2.75, 3.05) is 39.8 Å². The van der Waals surface area contributed by atoms with Crippen LogP contribution in [0.2, 0.25) is 0 Å². The van der Waals surface area contributed by atoms with Gasteiger partial charge < -0.3 is 15.5 Å². The Labute approximate surface area is 114 Å². The normalized spacial score (nSPS) is 18.7. The van der Waals surface area contributed by atoms with Crippen molar-refractivity contribution in [3.8, 4) is 0 Å². The Morgan fingerprint density at radius 2 is 1.89 bits per heavy atom. The van der Waals surface area contributed by atoms with Crippen LogP contribution in [0.25, 0.3) is 0 Å². The van der Waals surface area contributed by atoms with Crippen LogP contribution in [0.1, 0.15) is 51.9 Å². The van der Waals surface area contributed by atoms with E-state index in [1.54, 1.807) is 0 Å². The number of nitrogens with zero attached hydrogens (tertiary/aromatic N) is 2. The molecule has 1 saturated heterocycles. The molecule has 1 aliphatic rings. The van der Waals surface area contributed by atoms with Crippen molar-refractivity contribution < 1.29 is 0 Å². The number of nitrogens with two attached hydrogens (primary N) is 1. The first-order valence-corrected chi connectivity index (χ1v) is 7.90. The smallest absolute Gasteiger partial charge is 0.0215 e. The van der Waals surface area contributed by atoms with Gasteiger partial charge in [-0.05, 0) is 39.4 Å². The number of likely N-dealkylation sites (tertiary alicyclic amines) is 1. The number of hydrogen-bond acceptors (Lipinski definition) is 3. The number of hydrogen-bond donors (Lipinski definition) is 1. The Morgan fingerprint density at radius 1 is 1.17 bits per heavy atom. The highest BCUT2D eigenvalue weighted by atomic mass is 15.2. The molecule has 18 heavy (non-hydrogen) atoms. The van der Waals surface area contributed by atoms with E-state index in [0.717, 1.165) is 6.54 Å². The SMILES string of the molecule is CCCCCCC(CN)N(C)CCN1CCCC1. The van der Waals surface area contributed by atoms with Gasteiger partial charge >= 0.3 is 0 Å². The molecule has 1 heterocycles. The lowest BCUT2D eigenvalue weighted by molar-refractivity contribution is 0.198. The fraction of sp³-hybridized carbons (Fsp3) is 1.00. The molecule has 0 saturated carbocycles. The molecule has 0 aromatic heterocycles. The molecule has 1 fully saturated rings. The fourth-order valence-corrected chi connectivity index (χ4v) is 2.81. The predicted molar refractivity (Wildman–Crippen MR) is 79.9 cm³/mol. The van der Waals surface area contributed by atoms with Crippen molar-refractivity contribution in [2.45, 2.75) is 57.9 Å². The largest absolute Gasteiger partial charge is 0.329 e. The maximum atomic E-state index is 5.92. The van der Waals surface area contributed by atoms with Crippen molar-refractivity contribution in [3.63, 3.8) is 0 Å². The highest BCUT2D eigenvalue weighted by Crippen LogP contribution is 2.11. The summed E-state index contributed by atoms with van der Waals surface area (Å²) in [6, 6.07) is 0.587. The van der Waals surface area contributed by atoms with Gasteiger partial charge in [0.1, 0.15) is 0 Å². The van der Waals surface area contributed by atoms with Crippen LogP contribution < -0.4 is 5.73 Å². The third kappa shape index (κ3) is 6.17. The minimum atomic E-state index is 0.587. The van der Waals surface area contributed by atoms with Gasteiger partial charge in [0, 0.05) is 25.7 Å². The molecule has 3 heteroatoms. The molecule has 2 N–H and O–H groups in total. The quantitative estimate of drug-likeness (QED) is 0.608. The van der Waals surface area contributed by atoms with E-state index in [0.29, 0.717) is 6.04 Å². The second kappa shape index (κ2) is 9.76. The molecular formula is C15H33N3. The van der Waals surface area contributed by atoms with E-state index < -0.39 is 0 Å². The van der Waals surface area contributed by atoms with Crippen molar-refractivity contribution in [3.05, 3.63) is 0 Å². The first-order valence-electron chi connectivity index (χ1n) is 7.90. The summed E-state index contributed by atoms with van der Waals surface area (Å²) in [4.78, 5) is 5.06. The minimum Gasteiger partial charge on any atom is -0.329 e. The average molecular weight is 255 g/mol. The molecule has 0 aromatic carbocycles. The maximum absolute atomic E-state index is 5.92. The Balaban J connectivity index is 2.12. The van der Waals surface area contributed by atoms with E-state index in [1.807, 2.05) is 0 Å². The maximum Gasteiger partial charge on any atom is 0.0215 e. The summed E-state index contributed by atoms with van der Waals surface area (Å²) >= 11 is 0. The Kier molecular flexibility index (Phi) is 8.64. The van der Waals surface area contributed by atoms with Crippen molar-refractivity contribution in [1.82, 2.24) is 9.80 Å². The summed E-state index contributed by atoms with van der Waals surface area (Å²) in [7, 11) is 2.24. The second-order valence-electron chi connectivity index (χ2n) is 5.77. The highest BCUT2D eigenvalue weighted by Gasteiger charge is 2.15. The molecule has 1 atom stereocenters. The number of unbranched alkanes of at least 4 members (excludes halogenated alkanes) is 3. The molecule has 0 amide bonds. The van der Waals surface area contributed by atoms with Gasteiger partial charge in [0.25, 0.3) is 0 Å². The zero-order chi connectivity index (χ0) is 13.2. The van der Waals surface area contributed by atoms with Crippen LogP contribution in [-0.4, -0.2) is 55.6 Å². The monoisotopic (exact) mass is 255 g/mol. The van der Waals surface area contributed by atoms with Crippen LogP contribution in [0.15, 0.2) is 0 Å². The first kappa shape index (κ1) is 15.9. The van der Waals surface area contributed by atoms with Crippen LogP contribution in [0.4, 0.5) is 0 Å². The van der Waals surface area contributed by atoms with Crippen molar-refractivity contribution in [1.29, 1.82) is 0 Å². The lowest BCUT2D eigenvalue weighted by Gasteiger charge is -2.28. The molecule has 0 aliphatic carbocycles. The van der Waals surface area contributed by atoms with Gasteiger partial charge in [-0.1, -0.05) is 32.6 Å². The van der Waals surface area contributed by atoms with Gasteiger partial charge in [-0.2, -0.15) is 0 Å². The zero-order valence-corrected chi connectivity index (χ0v) is 12.5. The van der Waals surface area contributed by atoms with Gasteiger partial charge in [0.15, 0.2) is 0 Å². The summed E-state index contributed by atoms with van der Waals surface area (Å²) in [5, 5.41) is 0. The molecule has 0 radical (unpaired) electrons. The summed E-state index contributed by atoms with van der Waals surface area (Å²) < 4.78 is 0. The van der Waals surface area contributed by atoms with Gasteiger partial charge in [-0.15, -0.1) is 0 Å². The number of likely N-dealkylation sites (N-methyl/N-ethyl adjacent to an activating group) is 1. The molecule has 1 unspecified atom stereocenters. The molecule has 108 valence electrons. The van der Waals surface area contributed by atoms with Crippen LogP contribution in [0.5, 0.6) is 0 Å². The standard InChI is InChI=1S/C15H33N3/c1-3-4-5-6-9-15(14-16)17(2)12-13-18-10-7-8-11-18/h15H,3-14,16H2,1-2H3. The summed E-state index contributed by atoms with van der Waals surface area (Å²) in [5.41, 5.74) is 5.92. The third-order valence-corrected chi connectivity index (χ3v) is 4.25. The molecular weight excluding hydrogens is 222 g/mol. The van der Waals surface area contributed by atoms with Crippen LogP contribution in [-0.2, 0) is 0 Å². The summed E-state index contributed by atoms with van der Waals surface area (Å²) in [5.74, 6) is 0. The third-order valence-electron chi connectivity index (χ3n) is 4.25. The molecule has 0 spiro atoms. The van der Waals surface area contributed by atoms with E-state index in [9.17, 15) is 0 Å². The van der Waals surface area contributed by atoms with Crippen LogP contribution >= 0.6 is 0 Å². The van der Waals surface area contributed by atoms with Gasteiger partial charge in [0.2, 0.25) is 0 Å². The van der Waals surface area contributed by atoms with E-state index in [1.165, 1.54) is 71.1 Å². The molecule has 3 nitrogen and oxygen atoms in total. The minimum absolute atomic E-state index is 0.587. The number of rotatable bonds is 10. The molecule has 0 bridgehead atoms. The second-order valence-corrected chi connectivity index (χ2v) is 5.77. The van der Waals surface area contributed by atoms with E-state index in [2.05, 4.69) is 23.8 Å². The average Bonchev–Trinajstić information content (AvgIpc) is 2.89. The van der Waals surface area contributed by atoms with E-state index in [4.69, 9.17) is 5.73 Å². The summed E-state index contributed by atoms with van der Waals surface area (Å²) in [6.07, 6.45) is 9.44. The Morgan fingerprint density at radius 3 is 2.50 bits per heavy atom. The van der Waals surface area contributed by atoms with Gasteiger partial charge in [0.05, 0.1) is 0 Å². The zero-order valence-electron chi connectivity index (χ0n) is 12.5. The predicted octanol–water partition coefficient (Wildman–Crippen LogP) is 2.31. The van der Waals surface area contributed by atoms with Crippen LogP contribution in [0, 0.1) is 0 Å². The van der Waals surface area contributed by atoms with Gasteiger partial charge in [-0.25, -0.2) is 0 Å². The van der Waals surface area contributed by atoms with E-state index in [-0.39, 0.29) is 0 Å². The van der Waals surface area contributed by atoms with Crippen molar-refractivity contribution in [2.24, 2.45) is 5.73 Å². The van der Waals surface area contributed by atoms with Crippen molar-refractivity contribution >= 4 is 0 Å². The Bertz CT molecular complexity index is 190. The Hall–Kier alpha value is -0.120. The fourth-order valence-electron chi connectivity index (χ4n) is 2.81. The summed E-state index contributed by atoms with van der Waals surface area (Å²) in [6.45, 7) is 8.08. The van der Waals surface area contributed by atoms with E-state index >= 15 is 0 Å². The molecule has 0 aromatic rings. The lowest BCUT2D eigenvalue weighted by atomic mass is 10.1. The molecule has 1 aliphatic heterocycles. The van der Waals surface area contributed by atoms with Gasteiger partial charge in [-0.3, -0.25) is 0 Å². The van der Waals surface area contributed by atoms with Crippen LogP contribution in [0.3, 0.4) is 0 Å². The first-order chi connectivity index (χ1) is 8.77.